The largest absolute Gasteiger partial charge is 0.299 e. The number of hydrogen-bond donors (Lipinski definition) is 0. The van der Waals surface area contributed by atoms with Gasteiger partial charge in [0.15, 0.2) is 0 Å². The van der Waals surface area contributed by atoms with E-state index in [1.54, 1.807) is 10.4 Å². The molecule has 0 bridgehead atoms. The minimum atomic E-state index is 0.809. The van der Waals surface area contributed by atoms with E-state index in [1.165, 1.54) is 84.3 Å². The molecular weight excluding hydrogens is 314 g/mol. The van der Waals surface area contributed by atoms with Crippen molar-refractivity contribution in [2.75, 3.05) is 32.7 Å². The Morgan fingerprint density at radius 2 is 1.75 bits per heavy atom. The first kappa shape index (κ1) is 17.0. The highest BCUT2D eigenvalue weighted by Gasteiger charge is 2.34. The topological polar surface area (TPSA) is 9.72 Å². The van der Waals surface area contributed by atoms with Crippen molar-refractivity contribution < 1.29 is 0 Å². The molecule has 3 saturated heterocycles. The highest BCUT2D eigenvalue weighted by atomic mass is 32.1. The summed E-state index contributed by atoms with van der Waals surface area (Å²) >= 11 is 1.97. The highest BCUT2D eigenvalue weighted by Crippen LogP contribution is 2.27. The van der Waals surface area contributed by atoms with E-state index in [0.717, 1.165) is 12.1 Å². The Labute approximate surface area is 151 Å². The average Bonchev–Trinajstić information content (AvgIpc) is 3.00. The van der Waals surface area contributed by atoms with E-state index in [2.05, 4.69) is 33.1 Å². The lowest BCUT2D eigenvalue weighted by Crippen LogP contribution is -2.61. The summed E-state index contributed by atoms with van der Waals surface area (Å²) in [4.78, 5) is 9.61. The van der Waals surface area contributed by atoms with Crippen molar-refractivity contribution in [2.45, 2.75) is 70.6 Å². The number of hydrogen-bond acceptors (Lipinski definition) is 4. The summed E-state index contributed by atoms with van der Waals surface area (Å²) in [5.41, 5.74) is 1.54. The van der Waals surface area contributed by atoms with Gasteiger partial charge in [0, 0.05) is 43.1 Å². The standard InChI is InChI=1S/C20H33N3S/c1-17-7-3-6-10-23(17)19-13-22(14-19)15-20-11-18(16-24-20)12-21-8-4-2-5-9-21/h11,16-17,19H,2-10,12-15H2,1H3. The van der Waals surface area contributed by atoms with Crippen LogP contribution in [0, 0.1) is 0 Å². The van der Waals surface area contributed by atoms with Gasteiger partial charge in [-0.25, -0.2) is 0 Å². The first-order chi connectivity index (χ1) is 11.8. The molecule has 0 radical (unpaired) electrons. The molecule has 1 atom stereocenters. The Morgan fingerprint density at radius 3 is 2.54 bits per heavy atom. The molecule has 1 aromatic rings. The summed E-state index contributed by atoms with van der Waals surface area (Å²) in [5, 5.41) is 2.40. The van der Waals surface area contributed by atoms with Crippen molar-refractivity contribution >= 4 is 11.3 Å². The fourth-order valence-corrected chi connectivity index (χ4v) is 5.65. The lowest BCUT2D eigenvalue weighted by Gasteiger charge is -2.49. The number of nitrogens with zero attached hydrogens (tertiary/aromatic N) is 3. The van der Waals surface area contributed by atoms with Gasteiger partial charge in [-0.3, -0.25) is 14.7 Å². The molecule has 0 N–H and O–H groups in total. The first-order valence-corrected chi connectivity index (χ1v) is 10.9. The average molecular weight is 348 g/mol. The van der Waals surface area contributed by atoms with Crippen LogP contribution >= 0.6 is 11.3 Å². The summed E-state index contributed by atoms with van der Waals surface area (Å²) in [7, 11) is 0. The lowest BCUT2D eigenvalue weighted by molar-refractivity contribution is -0.00575. The van der Waals surface area contributed by atoms with Gasteiger partial charge in [-0.2, -0.15) is 0 Å². The molecule has 1 unspecified atom stereocenters. The van der Waals surface area contributed by atoms with Crippen LogP contribution in [0.2, 0.25) is 0 Å². The van der Waals surface area contributed by atoms with Gasteiger partial charge in [-0.1, -0.05) is 12.8 Å². The molecule has 24 heavy (non-hydrogen) atoms. The zero-order valence-electron chi connectivity index (χ0n) is 15.3. The molecule has 0 amide bonds. The molecule has 4 heteroatoms. The van der Waals surface area contributed by atoms with Crippen molar-refractivity contribution in [1.29, 1.82) is 0 Å². The Balaban J connectivity index is 1.22. The van der Waals surface area contributed by atoms with Crippen LogP contribution in [-0.4, -0.2) is 59.5 Å². The second-order valence-corrected chi connectivity index (χ2v) is 9.18. The zero-order chi connectivity index (χ0) is 16.4. The van der Waals surface area contributed by atoms with Crippen LogP contribution < -0.4 is 0 Å². The monoisotopic (exact) mass is 347 g/mol. The van der Waals surface area contributed by atoms with Crippen molar-refractivity contribution in [3.05, 3.63) is 21.9 Å². The minimum Gasteiger partial charge on any atom is -0.299 e. The van der Waals surface area contributed by atoms with Gasteiger partial charge in [0.05, 0.1) is 0 Å². The van der Waals surface area contributed by atoms with Crippen LogP contribution in [-0.2, 0) is 13.1 Å². The number of piperidine rings is 2. The summed E-state index contributed by atoms with van der Waals surface area (Å²) in [6, 6.07) is 4.10. The van der Waals surface area contributed by atoms with E-state index in [1.807, 2.05) is 11.3 Å². The Kier molecular flexibility index (Phi) is 5.57. The third kappa shape index (κ3) is 4.04. The molecule has 3 aliphatic rings. The maximum Gasteiger partial charge on any atom is 0.0353 e. The van der Waals surface area contributed by atoms with Crippen LogP contribution in [0.3, 0.4) is 0 Å². The van der Waals surface area contributed by atoms with Crippen molar-refractivity contribution in [1.82, 2.24) is 14.7 Å². The normalized spacial score (nSPS) is 28.1. The molecule has 0 aromatic carbocycles. The SMILES string of the molecule is CC1CCCCN1C1CN(Cc2cc(CN3CCCCC3)cs2)C1. The number of likely N-dealkylation sites (tertiary alicyclic amines) is 3. The van der Waals surface area contributed by atoms with Gasteiger partial charge < -0.3 is 0 Å². The molecule has 3 fully saturated rings. The molecule has 4 heterocycles. The molecular formula is C20H33N3S. The highest BCUT2D eigenvalue weighted by molar-refractivity contribution is 7.10. The van der Waals surface area contributed by atoms with E-state index in [9.17, 15) is 0 Å². The maximum atomic E-state index is 2.77. The molecule has 134 valence electrons. The van der Waals surface area contributed by atoms with Gasteiger partial charge in [0.25, 0.3) is 0 Å². The zero-order valence-corrected chi connectivity index (χ0v) is 16.1. The Hall–Kier alpha value is -0.420. The Bertz CT molecular complexity index is 517. The molecule has 4 rings (SSSR count). The van der Waals surface area contributed by atoms with E-state index in [4.69, 9.17) is 0 Å². The van der Waals surface area contributed by atoms with Crippen molar-refractivity contribution in [2.24, 2.45) is 0 Å². The van der Waals surface area contributed by atoms with E-state index < -0.39 is 0 Å². The fraction of sp³-hybridized carbons (Fsp3) is 0.800. The van der Waals surface area contributed by atoms with Gasteiger partial charge in [-0.15, -0.1) is 11.3 Å². The lowest BCUT2D eigenvalue weighted by atomic mass is 9.97. The molecule has 0 spiro atoms. The summed E-state index contributed by atoms with van der Waals surface area (Å²) < 4.78 is 0. The Morgan fingerprint density at radius 1 is 0.958 bits per heavy atom. The summed E-state index contributed by atoms with van der Waals surface area (Å²) in [6.07, 6.45) is 8.45. The smallest absolute Gasteiger partial charge is 0.0353 e. The second kappa shape index (κ2) is 7.86. The predicted molar refractivity (Wildman–Crippen MR) is 103 cm³/mol. The molecule has 0 saturated carbocycles. The van der Waals surface area contributed by atoms with Crippen LogP contribution in [0.4, 0.5) is 0 Å². The van der Waals surface area contributed by atoms with Crippen LogP contribution in [0.25, 0.3) is 0 Å². The maximum absolute atomic E-state index is 2.77. The second-order valence-electron chi connectivity index (χ2n) is 8.19. The van der Waals surface area contributed by atoms with Gasteiger partial charge in [0.1, 0.15) is 0 Å². The van der Waals surface area contributed by atoms with Crippen LogP contribution in [0.15, 0.2) is 11.4 Å². The molecule has 3 aliphatic heterocycles. The fourth-order valence-electron chi connectivity index (χ4n) is 4.73. The van der Waals surface area contributed by atoms with E-state index >= 15 is 0 Å². The van der Waals surface area contributed by atoms with Gasteiger partial charge in [-0.05, 0) is 69.3 Å². The molecule has 0 aliphatic carbocycles. The van der Waals surface area contributed by atoms with Crippen molar-refractivity contribution in [3.8, 4) is 0 Å². The summed E-state index contributed by atoms with van der Waals surface area (Å²) in [6.45, 7) is 11.3. The minimum absolute atomic E-state index is 0.809. The number of thiophene rings is 1. The van der Waals surface area contributed by atoms with Gasteiger partial charge >= 0.3 is 0 Å². The van der Waals surface area contributed by atoms with E-state index in [-0.39, 0.29) is 0 Å². The van der Waals surface area contributed by atoms with Crippen LogP contribution in [0.5, 0.6) is 0 Å². The third-order valence-electron chi connectivity index (χ3n) is 6.20. The number of rotatable bonds is 5. The predicted octanol–water partition coefficient (Wildman–Crippen LogP) is 3.79. The van der Waals surface area contributed by atoms with Gasteiger partial charge in [0.2, 0.25) is 0 Å². The summed E-state index contributed by atoms with van der Waals surface area (Å²) in [5.74, 6) is 0. The first-order valence-electron chi connectivity index (χ1n) is 10.0. The van der Waals surface area contributed by atoms with Crippen molar-refractivity contribution in [3.63, 3.8) is 0 Å². The van der Waals surface area contributed by atoms with E-state index in [0.29, 0.717) is 0 Å². The quantitative estimate of drug-likeness (QED) is 0.802. The molecule has 3 nitrogen and oxygen atoms in total. The van der Waals surface area contributed by atoms with Crippen LogP contribution in [0.1, 0.15) is 55.9 Å². The molecule has 1 aromatic heterocycles. The third-order valence-corrected chi connectivity index (χ3v) is 7.17.